The number of hydrogen-bond donors (Lipinski definition) is 2. The van der Waals surface area contributed by atoms with Gasteiger partial charge in [-0.3, -0.25) is 4.79 Å². The number of hydrogen-bond acceptors (Lipinski definition) is 2. The second-order valence-electron chi connectivity index (χ2n) is 6.27. The van der Waals surface area contributed by atoms with E-state index in [0.717, 1.165) is 25.7 Å². The van der Waals surface area contributed by atoms with Crippen LogP contribution in [0.1, 0.15) is 53.4 Å². The summed E-state index contributed by atoms with van der Waals surface area (Å²) in [6.45, 7) is 8.67. The van der Waals surface area contributed by atoms with Crippen LogP contribution in [0.15, 0.2) is 0 Å². The Kier molecular flexibility index (Phi) is 4.00. The highest BCUT2D eigenvalue weighted by Gasteiger charge is 2.37. The normalized spacial score (nSPS) is 31.2. The molecular formula is C13H25NO2. The summed E-state index contributed by atoms with van der Waals surface area (Å²) < 4.78 is 0. The number of nitrogens with one attached hydrogen (secondary N) is 1. The standard InChI is InChI=1S/C13H25NO2/c1-10(15)14-9-13(16)7-5-11(6-8-13)12(2,3)4/h11,16H,5-9H2,1-4H3,(H,14,15). The van der Waals surface area contributed by atoms with Crippen LogP contribution < -0.4 is 5.32 Å². The Morgan fingerprint density at radius 1 is 1.38 bits per heavy atom. The smallest absolute Gasteiger partial charge is 0.216 e. The molecule has 1 aliphatic carbocycles. The minimum Gasteiger partial charge on any atom is -0.388 e. The quantitative estimate of drug-likeness (QED) is 0.759. The molecule has 0 bridgehead atoms. The molecule has 94 valence electrons. The zero-order valence-electron chi connectivity index (χ0n) is 11.0. The maximum Gasteiger partial charge on any atom is 0.216 e. The van der Waals surface area contributed by atoms with Crippen LogP contribution >= 0.6 is 0 Å². The summed E-state index contributed by atoms with van der Waals surface area (Å²) >= 11 is 0. The zero-order chi connectivity index (χ0) is 12.4. The van der Waals surface area contributed by atoms with Gasteiger partial charge in [-0.1, -0.05) is 20.8 Å². The van der Waals surface area contributed by atoms with Gasteiger partial charge < -0.3 is 10.4 Å². The highest BCUT2D eigenvalue weighted by atomic mass is 16.3. The fourth-order valence-corrected chi connectivity index (χ4v) is 2.49. The largest absolute Gasteiger partial charge is 0.388 e. The van der Waals surface area contributed by atoms with Crippen molar-refractivity contribution < 1.29 is 9.90 Å². The molecule has 0 atom stereocenters. The fraction of sp³-hybridized carbons (Fsp3) is 0.923. The first-order chi connectivity index (χ1) is 7.23. The van der Waals surface area contributed by atoms with E-state index in [1.165, 1.54) is 6.92 Å². The predicted octanol–water partition coefficient (Wildman–Crippen LogP) is 2.09. The van der Waals surface area contributed by atoms with Gasteiger partial charge >= 0.3 is 0 Å². The van der Waals surface area contributed by atoms with Gasteiger partial charge in [0.15, 0.2) is 0 Å². The first-order valence-electron chi connectivity index (χ1n) is 6.20. The first kappa shape index (κ1) is 13.5. The molecule has 0 unspecified atom stereocenters. The topological polar surface area (TPSA) is 49.3 Å². The molecule has 3 nitrogen and oxygen atoms in total. The van der Waals surface area contributed by atoms with Crippen molar-refractivity contribution in [1.29, 1.82) is 0 Å². The highest BCUT2D eigenvalue weighted by Crippen LogP contribution is 2.41. The molecule has 3 heteroatoms. The lowest BCUT2D eigenvalue weighted by Crippen LogP contribution is -2.46. The van der Waals surface area contributed by atoms with E-state index in [0.29, 0.717) is 17.9 Å². The van der Waals surface area contributed by atoms with E-state index in [2.05, 4.69) is 26.1 Å². The number of amides is 1. The summed E-state index contributed by atoms with van der Waals surface area (Å²) in [5.41, 5.74) is -0.344. The molecule has 0 aromatic rings. The number of rotatable bonds is 2. The first-order valence-corrected chi connectivity index (χ1v) is 6.20. The van der Waals surface area contributed by atoms with Crippen molar-refractivity contribution in [2.24, 2.45) is 11.3 Å². The van der Waals surface area contributed by atoms with Gasteiger partial charge in [0.05, 0.1) is 5.60 Å². The van der Waals surface area contributed by atoms with E-state index in [1.807, 2.05) is 0 Å². The van der Waals surface area contributed by atoms with Crippen LogP contribution in [0.2, 0.25) is 0 Å². The molecular weight excluding hydrogens is 202 g/mol. The Balaban J connectivity index is 2.44. The summed E-state index contributed by atoms with van der Waals surface area (Å²) in [5.74, 6) is 0.622. The van der Waals surface area contributed by atoms with Gasteiger partial charge in [0.25, 0.3) is 0 Å². The molecule has 16 heavy (non-hydrogen) atoms. The molecule has 0 saturated heterocycles. The minimum absolute atomic E-state index is 0.0635. The van der Waals surface area contributed by atoms with Gasteiger partial charge in [0, 0.05) is 13.5 Å². The lowest BCUT2D eigenvalue weighted by atomic mass is 9.68. The second kappa shape index (κ2) is 4.74. The number of carbonyl (C=O) groups excluding carboxylic acids is 1. The van der Waals surface area contributed by atoms with E-state index in [4.69, 9.17) is 0 Å². The average molecular weight is 227 g/mol. The van der Waals surface area contributed by atoms with Crippen LogP contribution in [0.5, 0.6) is 0 Å². The Hall–Kier alpha value is -0.570. The Morgan fingerprint density at radius 3 is 2.25 bits per heavy atom. The summed E-state index contributed by atoms with van der Waals surface area (Å²) in [6.07, 6.45) is 3.71. The molecule has 1 rings (SSSR count). The van der Waals surface area contributed by atoms with Crippen molar-refractivity contribution in [2.75, 3.05) is 6.54 Å². The van der Waals surface area contributed by atoms with Crippen LogP contribution in [0.25, 0.3) is 0 Å². The number of carbonyl (C=O) groups is 1. The summed E-state index contributed by atoms with van der Waals surface area (Å²) in [5, 5.41) is 13.0. The SMILES string of the molecule is CC(=O)NCC1(O)CCC(C(C)(C)C)CC1. The van der Waals surface area contributed by atoms with E-state index in [9.17, 15) is 9.90 Å². The highest BCUT2D eigenvalue weighted by molar-refractivity contribution is 5.72. The van der Waals surface area contributed by atoms with E-state index in [-0.39, 0.29) is 5.91 Å². The van der Waals surface area contributed by atoms with Crippen molar-refractivity contribution in [3.05, 3.63) is 0 Å². The average Bonchev–Trinajstić information content (AvgIpc) is 2.14. The Morgan fingerprint density at radius 2 is 1.88 bits per heavy atom. The van der Waals surface area contributed by atoms with Gasteiger partial charge in [-0.25, -0.2) is 0 Å². The summed E-state index contributed by atoms with van der Waals surface area (Å²) in [6, 6.07) is 0. The fourth-order valence-electron chi connectivity index (χ4n) is 2.49. The Bertz CT molecular complexity index is 247. The molecule has 0 aliphatic heterocycles. The predicted molar refractivity (Wildman–Crippen MR) is 65.0 cm³/mol. The minimum atomic E-state index is -0.673. The third-order valence-corrected chi connectivity index (χ3v) is 3.81. The van der Waals surface area contributed by atoms with Gasteiger partial charge in [-0.15, -0.1) is 0 Å². The van der Waals surface area contributed by atoms with E-state index < -0.39 is 5.60 Å². The zero-order valence-corrected chi connectivity index (χ0v) is 11.0. The molecule has 0 aromatic heterocycles. The van der Waals surface area contributed by atoms with Crippen LogP contribution in [-0.4, -0.2) is 23.2 Å². The van der Waals surface area contributed by atoms with Crippen LogP contribution in [-0.2, 0) is 4.79 Å². The van der Waals surface area contributed by atoms with Crippen molar-refractivity contribution in [1.82, 2.24) is 5.32 Å². The van der Waals surface area contributed by atoms with Gasteiger partial charge in [-0.05, 0) is 37.0 Å². The van der Waals surface area contributed by atoms with Gasteiger partial charge in [0.1, 0.15) is 0 Å². The Labute approximate surface area is 98.6 Å². The molecule has 1 saturated carbocycles. The van der Waals surface area contributed by atoms with Crippen molar-refractivity contribution in [2.45, 2.75) is 59.0 Å². The summed E-state index contributed by atoms with van der Waals surface area (Å²) in [4.78, 5) is 10.8. The third kappa shape index (κ3) is 3.78. The van der Waals surface area contributed by atoms with E-state index >= 15 is 0 Å². The lowest BCUT2D eigenvalue weighted by Gasteiger charge is -2.41. The maximum absolute atomic E-state index is 10.8. The van der Waals surface area contributed by atoms with E-state index in [1.54, 1.807) is 0 Å². The van der Waals surface area contributed by atoms with Gasteiger partial charge in [-0.2, -0.15) is 0 Å². The van der Waals surface area contributed by atoms with Crippen LogP contribution in [0.3, 0.4) is 0 Å². The molecule has 0 spiro atoms. The van der Waals surface area contributed by atoms with Crippen molar-refractivity contribution in [3.63, 3.8) is 0 Å². The third-order valence-electron chi connectivity index (χ3n) is 3.81. The van der Waals surface area contributed by atoms with Crippen molar-refractivity contribution >= 4 is 5.91 Å². The number of aliphatic hydroxyl groups is 1. The molecule has 1 aliphatic rings. The van der Waals surface area contributed by atoms with Crippen molar-refractivity contribution in [3.8, 4) is 0 Å². The monoisotopic (exact) mass is 227 g/mol. The molecule has 0 heterocycles. The molecule has 1 amide bonds. The van der Waals surface area contributed by atoms with Crippen LogP contribution in [0.4, 0.5) is 0 Å². The lowest BCUT2D eigenvalue weighted by molar-refractivity contribution is -0.120. The molecule has 2 N–H and O–H groups in total. The molecule has 0 aromatic carbocycles. The molecule has 1 fully saturated rings. The van der Waals surface area contributed by atoms with Crippen LogP contribution in [0, 0.1) is 11.3 Å². The van der Waals surface area contributed by atoms with Gasteiger partial charge in [0.2, 0.25) is 5.91 Å². The maximum atomic E-state index is 10.8. The molecule has 0 radical (unpaired) electrons. The second-order valence-corrected chi connectivity index (χ2v) is 6.27. The summed E-state index contributed by atoms with van der Waals surface area (Å²) in [7, 11) is 0.